The molecule has 1 saturated heterocycles. The summed E-state index contributed by atoms with van der Waals surface area (Å²) in [5.74, 6) is -0.404. The molecule has 1 aliphatic rings. The molecular formula is C14H19N3O2. The van der Waals surface area contributed by atoms with Gasteiger partial charge in [0.05, 0.1) is 5.52 Å². The van der Waals surface area contributed by atoms with Gasteiger partial charge in [-0.3, -0.25) is 4.98 Å². The lowest BCUT2D eigenvalue weighted by Gasteiger charge is -2.27. The molecule has 1 fully saturated rings. The van der Waals surface area contributed by atoms with Gasteiger partial charge in [0, 0.05) is 36.9 Å². The summed E-state index contributed by atoms with van der Waals surface area (Å²) in [7, 11) is 2.08. The van der Waals surface area contributed by atoms with Crippen molar-refractivity contribution in [1.82, 2.24) is 10.3 Å². The van der Waals surface area contributed by atoms with Crippen LogP contribution in [0.4, 0.5) is 5.69 Å². The summed E-state index contributed by atoms with van der Waals surface area (Å²) in [5.41, 5.74) is 2.61. The number of aromatic amines is 1. The first-order valence-corrected chi connectivity index (χ1v) is 6.55. The zero-order chi connectivity index (χ0) is 13.6. The van der Waals surface area contributed by atoms with Crippen molar-refractivity contribution >= 4 is 16.8 Å². The molecular weight excluding hydrogens is 242 g/mol. The maximum atomic E-state index is 11.2. The van der Waals surface area contributed by atoms with E-state index in [2.05, 4.69) is 36.1 Å². The van der Waals surface area contributed by atoms with E-state index in [1.807, 2.05) is 18.2 Å². The number of aromatic nitrogens is 1. The SMILES string of the molecule is CN(c1ccc2[nH]c(=O)oc2c1)C1CNC(C)(C)C1. The lowest BCUT2D eigenvalue weighted by molar-refractivity contribution is 0.454. The van der Waals surface area contributed by atoms with Crippen molar-refractivity contribution in [3.05, 3.63) is 28.7 Å². The van der Waals surface area contributed by atoms with Gasteiger partial charge in [-0.1, -0.05) is 0 Å². The van der Waals surface area contributed by atoms with Crippen LogP contribution in [0.3, 0.4) is 0 Å². The molecule has 1 aromatic carbocycles. The fraction of sp³-hybridized carbons (Fsp3) is 0.500. The quantitative estimate of drug-likeness (QED) is 0.863. The molecule has 0 spiro atoms. The Balaban J connectivity index is 1.89. The zero-order valence-electron chi connectivity index (χ0n) is 11.5. The third-order valence-corrected chi connectivity index (χ3v) is 3.92. The Bertz CT molecular complexity index is 656. The molecule has 1 aromatic heterocycles. The number of hydrogen-bond donors (Lipinski definition) is 2. The third-order valence-electron chi connectivity index (χ3n) is 3.92. The van der Waals surface area contributed by atoms with Crippen molar-refractivity contribution in [2.24, 2.45) is 0 Å². The Morgan fingerprint density at radius 1 is 1.42 bits per heavy atom. The molecule has 2 aromatic rings. The molecule has 5 heteroatoms. The molecule has 0 radical (unpaired) electrons. The summed E-state index contributed by atoms with van der Waals surface area (Å²) in [6.45, 7) is 5.41. The van der Waals surface area contributed by atoms with E-state index in [9.17, 15) is 4.79 Å². The van der Waals surface area contributed by atoms with E-state index in [0.29, 0.717) is 11.6 Å². The van der Waals surface area contributed by atoms with Crippen molar-refractivity contribution in [2.45, 2.75) is 31.8 Å². The average Bonchev–Trinajstić information content (AvgIpc) is 2.88. The van der Waals surface area contributed by atoms with Crippen LogP contribution in [0.1, 0.15) is 20.3 Å². The number of hydrogen-bond acceptors (Lipinski definition) is 4. The number of anilines is 1. The van der Waals surface area contributed by atoms with Crippen molar-refractivity contribution in [3.8, 4) is 0 Å². The molecule has 5 nitrogen and oxygen atoms in total. The van der Waals surface area contributed by atoms with Crippen molar-refractivity contribution < 1.29 is 4.42 Å². The Morgan fingerprint density at radius 2 is 2.21 bits per heavy atom. The van der Waals surface area contributed by atoms with Crippen LogP contribution in [0, 0.1) is 0 Å². The molecule has 0 amide bonds. The molecule has 0 bridgehead atoms. The van der Waals surface area contributed by atoms with Crippen LogP contribution in [-0.2, 0) is 0 Å². The van der Waals surface area contributed by atoms with Crippen molar-refractivity contribution in [3.63, 3.8) is 0 Å². The standard InChI is InChI=1S/C14H19N3O2/c1-14(2)7-10(8-15-14)17(3)9-4-5-11-12(6-9)19-13(18)16-11/h4-6,10,15H,7-8H2,1-3H3,(H,16,18). The monoisotopic (exact) mass is 261 g/mol. The number of benzene rings is 1. The van der Waals surface area contributed by atoms with Crippen LogP contribution >= 0.6 is 0 Å². The second-order valence-electron chi connectivity index (χ2n) is 5.93. The van der Waals surface area contributed by atoms with Crippen LogP contribution in [0.25, 0.3) is 11.1 Å². The van der Waals surface area contributed by atoms with Gasteiger partial charge in [-0.05, 0) is 32.4 Å². The average molecular weight is 261 g/mol. The van der Waals surface area contributed by atoms with Gasteiger partial charge in [0.2, 0.25) is 0 Å². The van der Waals surface area contributed by atoms with Gasteiger partial charge in [-0.2, -0.15) is 0 Å². The van der Waals surface area contributed by atoms with E-state index in [1.54, 1.807) is 0 Å². The minimum atomic E-state index is -0.404. The Kier molecular flexibility index (Phi) is 2.67. The van der Waals surface area contributed by atoms with E-state index in [4.69, 9.17) is 4.42 Å². The summed E-state index contributed by atoms with van der Waals surface area (Å²) in [6.07, 6.45) is 1.10. The van der Waals surface area contributed by atoms with E-state index >= 15 is 0 Å². The van der Waals surface area contributed by atoms with Crippen LogP contribution < -0.4 is 16.0 Å². The van der Waals surface area contributed by atoms with Gasteiger partial charge < -0.3 is 14.6 Å². The highest BCUT2D eigenvalue weighted by atomic mass is 16.4. The predicted molar refractivity (Wildman–Crippen MR) is 75.7 cm³/mol. The van der Waals surface area contributed by atoms with Gasteiger partial charge in [0.15, 0.2) is 5.58 Å². The van der Waals surface area contributed by atoms with Gasteiger partial charge in [0.1, 0.15) is 0 Å². The zero-order valence-corrected chi connectivity index (χ0v) is 11.5. The fourth-order valence-electron chi connectivity index (χ4n) is 2.77. The summed E-state index contributed by atoms with van der Waals surface area (Å²) < 4.78 is 5.11. The Morgan fingerprint density at radius 3 is 2.89 bits per heavy atom. The van der Waals surface area contributed by atoms with Crippen LogP contribution in [-0.4, -0.2) is 30.2 Å². The third kappa shape index (κ3) is 2.26. The largest absolute Gasteiger partial charge is 0.417 e. The van der Waals surface area contributed by atoms with E-state index in [0.717, 1.165) is 24.2 Å². The number of likely N-dealkylation sites (N-methyl/N-ethyl adjacent to an activating group) is 1. The highest BCUT2D eigenvalue weighted by molar-refractivity contribution is 5.77. The molecule has 3 rings (SSSR count). The lowest BCUT2D eigenvalue weighted by Crippen LogP contribution is -2.33. The highest BCUT2D eigenvalue weighted by Gasteiger charge is 2.32. The second-order valence-corrected chi connectivity index (χ2v) is 5.93. The molecule has 0 aliphatic carbocycles. The number of rotatable bonds is 2. The Hall–Kier alpha value is -1.75. The fourth-order valence-corrected chi connectivity index (χ4v) is 2.77. The van der Waals surface area contributed by atoms with Crippen LogP contribution in [0.15, 0.2) is 27.4 Å². The van der Waals surface area contributed by atoms with E-state index < -0.39 is 5.76 Å². The molecule has 1 atom stereocenters. The molecule has 1 unspecified atom stereocenters. The number of oxazole rings is 1. The number of nitrogens with zero attached hydrogens (tertiary/aromatic N) is 1. The predicted octanol–water partition coefficient (Wildman–Crippen LogP) is 1.70. The minimum Gasteiger partial charge on any atom is -0.408 e. The smallest absolute Gasteiger partial charge is 0.408 e. The molecule has 19 heavy (non-hydrogen) atoms. The molecule has 1 aliphatic heterocycles. The summed E-state index contributed by atoms with van der Waals surface area (Å²) >= 11 is 0. The normalized spacial score (nSPS) is 21.9. The first-order valence-electron chi connectivity index (χ1n) is 6.55. The summed E-state index contributed by atoms with van der Waals surface area (Å²) in [5, 5.41) is 3.52. The van der Waals surface area contributed by atoms with E-state index in [1.165, 1.54) is 0 Å². The topological polar surface area (TPSA) is 61.3 Å². The first kappa shape index (κ1) is 12.3. The number of H-pyrrole nitrogens is 1. The van der Waals surface area contributed by atoms with Crippen LogP contribution in [0.2, 0.25) is 0 Å². The van der Waals surface area contributed by atoms with Crippen molar-refractivity contribution in [2.75, 3.05) is 18.5 Å². The van der Waals surface area contributed by atoms with Gasteiger partial charge >= 0.3 is 5.76 Å². The maximum absolute atomic E-state index is 11.2. The first-order chi connectivity index (χ1) is 8.94. The maximum Gasteiger partial charge on any atom is 0.417 e. The summed E-state index contributed by atoms with van der Waals surface area (Å²) in [6, 6.07) is 6.27. The van der Waals surface area contributed by atoms with Crippen molar-refractivity contribution in [1.29, 1.82) is 0 Å². The Labute approximate surface area is 111 Å². The molecule has 2 N–H and O–H groups in total. The van der Waals surface area contributed by atoms with E-state index in [-0.39, 0.29) is 5.54 Å². The van der Waals surface area contributed by atoms with Gasteiger partial charge in [-0.25, -0.2) is 4.79 Å². The summed E-state index contributed by atoms with van der Waals surface area (Å²) in [4.78, 5) is 16.1. The highest BCUT2D eigenvalue weighted by Crippen LogP contribution is 2.27. The van der Waals surface area contributed by atoms with Crippen LogP contribution in [0.5, 0.6) is 0 Å². The lowest BCUT2D eigenvalue weighted by atomic mass is 10.0. The van der Waals surface area contributed by atoms with Gasteiger partial charge in [0.25, 0.3) is 0 Å². The minimum absolute atomic E-state index is 0.184. The number of nitrogens with one attached hydrogen (secondary N) is 2. The number of fused-ring (bicyclic) bond motifs is 1. The van der Waals surface area contributed by atoms with Gasteiger partial charge in [-0.15, -0.1) is 0 Å². The second kappa shape index (κ2) is 4.13. The molecule has 102 valence electrons. The molecule has 0 saturated carbocycles. The molecule has 2 heterocycles.